The summed E-state index contributed by atoms with van der Waals surface area (Å²) in [5, 5.41) is 0. The molecule has 0 aromatic heterocycles. The minimum Gasteiger partial charge on any atom is -0.309 e. The summed E-state index contributed by atoms with van der Waals surface area (Å²) in [5.41, 5.74) is 0.550. The van der Waals surface area contributed by atoms with Gasteiger partial charge >= 0.3 is 0 Å². The van der Waals surface area contributed by atoms with Gasteiger partial charge in [-0.15, -0.1) is 0 Å². The van der Waals surface area contributed by atoms with E-state index < -0.39 is 0 Å². The van der Waals surface area contributed by atoms with Crippen LogP contribution in [0.3, 0.4) is 0 Å². The van der Waals surface area contributed by atoms with E-state index in [4.69, 9.17) is 0 Å². The predicted octanol–water partition coefficient (Wildman–Crippen LogP) is 3.07. The molecule has 1 atom stereocenters. The van der Waals surface area contributed by atoms with E-state index in [1.807, 2.05) is 0 Å². The van der Waals surface area contributed by atoms with Crippen LogP contribution in [0.25, 0.3) is 0 Å². The van der Waals surface area contributed by atoms with Crippen LogP contribution < -0.4 is 0 Å². The summed E-state index contributed by atoms with van der Waals surface area (Å²) in [4.78, 5) is 2.32. The Hall–Kier alpha value is -0.300. The lowest BCUT2D eigenvalue weighted by molar-refractivity contribution is 0.184. The Morgan fingerprint density at radius 2 is 1.85 bits per heavy atom. The summed E-state index contributed by atoms with van der Waals surface area (Å²) in [6, 6.07) is 0. The zero-order valence-corrected chi connectivity index (χ0v) is 9.34. The highest BCUT2D eigenvalue weighted by Crippen LogP contribution is 2.32. The van der Waals surface area contributed by atoms with Crippen LogP contribution in [0, 0.1) is 5.41 Å². The summed E-state index contributed by atoms with van der Waals surface area (Å²) in [6.45, 7) is 3.67. The summed E-state index contributed by atoms with van der Waals surface area (Å²) in [5.74, 6) is 0. The third-order valence-corrected chi connectivity index (χ3v) is 2.93. The Morgan fingerprint density at radius 1 is 1.15 bits per heavy atom. The molecule has 1 unspecified atom stereocenters. The average Bonchev–Trinajstić information content (AvgIpc) is 1.97. The number of hydrogen-bond acceptors (Lipinski definition) is 1. The highest BCUT2D eigenvalue weighted by molar-refractivity contribution is 4.89. The molecule has 0 spiro atoms. The Kier molecular flexibility index (Phi) is 3.98. The molecule has 0 saturated carbocycles. The van der Waals surface area contributed by atoms with Crippen molar-refractivity contribution in [2.45, 2.75) is 39.0 Å². The van der Waals surface area contributed by atoms with E-state index in [1.54, 1.807) is 0 Å². The van der Waals surface area contributed by atoms with Gasteiger partial charge < -0.3 is 4.90 Å². The molecule has 1 nitrogen and oxygen atoms in total. The largest absolute Gasteiger partial charge is 0.309 e. The Bertz CT molecular complexity index is 172. The Labute approximate surface area is 82.8 Å². The lowest BCUT2D eigenvalue weighted by atomic mass is 9.79. The molecule has 1 heteroatoms. The van der Waals surface area contributed by atoms with Gasteiger partial charge in [0.25, 0.3) is 0 Å². The highest BCUT2D eigenvalue weighted by atomic mass is 15.1. The summed E-state index contributed by atoms with van der Waals surface area (Å²) >= 11 is 0. The van der Waals surface area contributed by atoms with E-state index in [0.717, 1.165) is 0 Å². The molecule has 0 aliphatic heterocycles. The average molecular weight is 181 g/mol. The fourth-order valence-electron chi connectivity index (χ4n) is 2.36. The summed E-state index contributed by atoms with van der Waals surface area (Å²) in [7, 11) is 4.36. The molecule has 0 fully saturated rings. The van der Waals surface area contributed by atoms with Gasteiger partial charge in [0.2, 0.25) is 0 Å². The van der Waals surface area contributed by atoms with Gasteiger partial charge in [0.1, 0.15) is 0 Å². The van der Waals surface area contributed by atoms with Crippen LogP contribution in [0.4, 0.5) is 0 Å². The molecule has 0 bridgehead atoms. The van der Waals surface area contributed by atoms with E-state index >= 15 is 0 Å². The lowest BCUT2D eigenvalue weighted by Crippen LogP contribution is -2.31. The molecule has 0 aromatic carbocycles. The zero-order chi connectivity index (χ0) is 9.73. The minimum absolute atomic E-state index is 0.550. The van der Waals surface area contributed by atoms with Crippen LogP contribution in [0.1, 0.15) is 39.0 Å². The van der Waals surface area contributed by atoms with E-state index in [9.17, 15) is 0 Å². The van der Waals surface area contributed by atoms with Gasteiger partial charge in [-0.2, -0.15) is 0 Å². The molecule has 0 N–H and O–H groups in total. The topological polar surface area (TPSA) is 3.24 Å². The maximum atomic E-state index is 2.44. The van der Waals surface area contributed by atoms with Gasteiger partial charge in [-0.1, -0.05) is 19.1 Å². The molecule has 76 valence electrons. The first-order valence-corrected chi connectivity index (χ1v) is 5.42. The molecule has 1 aliphatic rings. The van der Waals surface area contributed by atoms with E-state index in [-0.39, 0.29) is 0 Å². The number of nitrogens with zero attached hydrogens (tertiary/aromatic N) is 1. The molecule has 0 saturated heterocycles. The SMILES string of the molecule is CN(C)CC1(C)CCC=CCCC1. The van der Waals surface area contributed by atoms with Crippen molar-refractivity contribution in [3.8, 4) is 0 Å². The fourth-order valence-corrected chi connectivity index (χ4v) is 2.36. The van der Waals surface area contributed by atoms with Crippen molar-refractivity contribution in [3.63, 3.8) is 0 Å². The van der Waals surface area contributed by atoms with E-state index in [2.05, 4.69) is 38.1 Å². The molecule has 0 aromatic rings. The first kappa shape index (κ1) is 10.8. The van der Waals surface area contributed by atoms with Gasteiger partial charge in [-0.3, -0.25) is 0 Å². The second-order valence-corrected chi connectivity index (χ2v) is 4.95. The van der Waals surface area contributed by atoms with Crippen LogP contribution in [0.2, 0.25) is 0 Å². The van der Waals surface area contributed by atoms with Crippen LogP contribution in [0.5, 0.6) is 0 Å². The van der Waals surface area contributed by atoms with Crippen LogP contribution in [0.15, 0.2) is 12.2 Å². The molecule has 13 heavy (non-hydrogen) atoms. The van der Waals surface area contributed by atoms with Gasteiger partial charge in [0.15, 0.2) is 0 Å². The van der Waals surface area contributed by atoms with Crippen LogP contribution >= 0.6 is 0 Å². The predicted molar refractivity (Wildman–Crippen MR) is 58.9 cm³/mol. The molecule has 1 rings (SSSR count). The fraction of sp³-hybridized carbons (Fsp3) is 0.833. The lowest BCUT2D eigenvalue weighted by Gasteiger charge is -2.33. The van der Waals surface area contributed by atoms with Gasteiger partial charge in [0.05, 0.1) is 0 Å². The van der Waals surface area contributed by atoms with E-state index in [0.29, 0.717) is 5.41 Å². The molecular weight excluding hydrogens is 158 g/mol. The van der Waals surface area contributed by atoms with Crippen molar-refractivity contribution in [1.29, 1.82) is 0 Å². The summed E-state index contributed by atoms with van der Waals surface area (Å²) in [6.07, 6.45) is 11.3. The monoisotopic (exact) mass is 181 g/mol. The first-order valence-electron chi connectivity index (χ1n) is 5.42. The van der Waals surface area contributed by atoms with Crippen molar-refractivity contribution < 1.29 is 0 Å². The third kappa shape index (κ3) is 3.95. The van der Waals surface area contributed by atoms with E-state index in [1.165, 1.54) is 38.6 Å². The Morgan fingerprint density at radius 3 is 2.54 bits per heavy atom. The first-order chi connectivity index (χ1) is 6.12. The third-order valence-electron chi connectivity index (χ3n) is 2.93. The van der Waals surface area contributed by atoms with Crippen LogP contribution in [-0.4, -0.2) is 25.5 Å². The van der Waals surface area contributed by atoms with Crippen molar-refractivity contribution >= 4 is 0 Å². The smallest absolute Gasteiger partial charge is 0.00293 e. The molecule has 0 amide bonds. The standard InChI is InChI=1S/C12H23N/c1-12(11-13(2)3)9-7-5-4-6-8-10-12/h4-5H,6-11H2,1-3H3. The minimum atomic E-state index is 0.550. The number of hydrogen-bond donors (Lipinski definition) is 0. The van der Waals surface area contributed by atoms with Crippen molar-refractivity contribution in [2.24, 2.45) is 5.41 Å². The van der Waals surface area contributed by atoms with Gasteiger partial charge in [-0.05, 0) is 51.6 Å². The zero-order valence-electron chi connectivity index (χ0n) is 9.34. The van der Waals surface area contributed by atoms with Gasteiger partial charge in [-0.25, -0.2) is 0 Å². The quantitative estimate of drug-likeness (QED) is 0.592. The maximum Gasteiger partial charge on any atom is 0.00293 e. The Balaban J connectivity index is 2.49. The van der Waals surface area contributed by atoms with Crippen molar-refractivity contribution in [1.82, 2.24) is 4.90 Å². The van der Waals surface area contributed by atoms with Crippen LogP contribution in [-0.2, 0) is 0 Å². The normalized spacial score (nSPS) is 30.2. The maximum absolute atomic E-state index is 2.44. The molecule has 0 radical (unpaired) electrons. The van der Waals surface area contributed by atoms with Gasteiger partial charge in [0, 0.05) is 6.54 Å². The molecule has 1 aliphatic carbocycles. The highest BCUT2D eigenvalue weighted by Gasteiger charge is 2.24. The number of rotatable bonds is 2. The van der Waals surface area contributed by atoms with Crippen molar-refractivity contribution in [3.05, 3.63) is 12.2 Å². The van der Waals surface area contributed by atoms with Crippen molar-refractivity contribution in [2.75, 3.05) is 20.6 Å². The summed E-state index contributed by atoms with van der Waals surface area (Å²) < 4.78 is 0. The molecular formula is C12H23N. The number of allylic oxidation sites excluding steroid dienone is 2. The second kappa shape index (κ2) is 4.80. The second-order valence-electron chi connectivity index (χ2n) is 4.95. The molecule has 0 heterocycles.